The van der Waals surface area contributed by atoms with Gasteiger partial charge in [-0.1, -0.05) is 188 Å². The van der Waals surface area contributed by atoms with Crippen LogP contribution in [0.5, 0.6) is 0 Å². The van der Waals surface area contributed by atoms with Gasteiger partial charge in [0.1, 0.15) is 0 Å². The maximum Gasteiger partial charge on any atom is 0.160 e. The standard InChI is InChI=1S/C55H35N3/c1-2-13-39(14-3-1)49-34-51(56-50-32-31-40-17-6-9-24-46(40)54(49)50)43-21-10-20-42(33-43)36-27-29-41(30-28-36)55-57-52(47-25-11-18-37-15-4-7-22-44(37)47)35-53(58-55)48-26-12-19-38-16-5-8-23-45(38)48/h1-35H. The van der Waals surface area contributed by atoms with Crippen LogP contribution in [0.4, 0.5) is 0 Å². The number of hydrogen-bond acceptors (Lipinski definition) is 3. The average Bonchev–Trinajstić information content (AvgIpc) is 3.31. The van der Waals surface area contributed by atoms with Crippen molar-refractivity contribution in [2.75, 3.05) is 0 Å². The molecule has 0 fully saturated rings. The number of fused-ring (bicyclic) bond motifs is 5. The minimum Gasteiger partial charge on any atom is -0.248 e. The van der Waals surface area contributed by atoms with E-state index in [-0.39, 0.29) is 0 Å². The van der Waals surface area contributed by atoms with Gasteiger partial charge >= 0.3 is 0 Å². The Kier molecular flexibility index (Phi) is 8.15. The molecule has 0 atom stereocenters. The Bertz CT molecular complexity index is 3220. The normalized spacial score (nSPS) is 11.4. The van der Waals surface area contributed by atoms with E-state index in [1.165, 1.54) is 48.8 Å². The molecule has 11 rings (SSSR count). The van der Waals surface area contributed by atoms with Crippen molar-refractivity contribution in [1.82, 2.24) is 15.0 Å². The summed E-state index contributed by atoms with van der Waals surface area (Å²) >= 11 is 0. The van der Waals surface area contributed by atoms with E-state index in [0.29, 0.717) is 5.82 Å². The largest absolute Gasteiger partial charge is 0.248 e. The van der Waals surface area contributed by atoms with E-state index >= 15 is 0 Å². The maximum absolute atomic E-state index is 5.26. The first kappa shape index (κ1) is 33.6. The van der Waals surface area contributed by atoms with Crippen LogP contribution in [-0.2, 0) is 0 Å². The van der Waals surface area contributed by atoms with Gasteiger partial charge in [0, 0.05) is 27.6 Å². The van der Waals surface area contributed by atoms with Crippen molar-refractivity contribution in [3.63, 3.8) is 0 Å². The van der Waals surface area contributed by atoms with Crippen molar-refractivity contribution in [3.05, 3.63) is 212 Å². The zero-order chi connectivity index (χ0) is 38.4. The summed E-state index contributed by atoms with van der Waals surface area (Å²) in [5.41, 5.74) is 12.5. The second-order valence-corrected chi connectivity index (χ2v) is 14.8. The van der Waals surface area contributed by atoms with Crippen LogP contribution in [0, 0.1) is 0 Å². The minimum absolute atomic E-state index is 0.690. The molecule has 3 heteroatoms. The molecule has 58 heavy (non-hydrogen) atoms. The number of hydrogen-bond donors (Lipinski definition) is 0. The van der Waals surface area contributed by atoms with Gasteiger partial charge in [-0.25, -0.2) is 15.0 Å². The Hall–Kier alpha value is -7.75. The van der Waals surface area contributed by atoms with Gasteiger partial charge < -0.3 is 0 Å². The van der Waals surface area contributed by atoms with Crippen molar-refractivity contribution in [3.8, 4) is 67.4 Å². The highest BCUT2D eigenvalue weighted by molar-refractivity contribution is 6.14. The fraction of sp³-hybridized carbons (Fsp3) is 0. The lowest BCUT2D eigenvalue weighted by Crippen LogP contribution is -1.97. The zero-order valence-corrected chi connectivity index (χ0v) is 31.5. The molecule has 0 N–H and O–H groups in total. The Balaban J connectivity index is 1.01. The Morgan fingerprint density at radius 1 is 0.259 bits per heavy atom. The molecule has 11 aromatic rings. The molecule has 2 aromatic heterocycles. The zero-order valence-electron chi connectivity index (χ0n) is 31.5. The molecule has 0 aliphatic heterocycles. The van der Waals surface area contributed by atoms with Gasteiger partial charge in [0.2, 0.25) is 0 Å². The van der Waals surface area contributed by atoms with Crippen LogP contribution in [0.15, 0.2) is 212 Å². The predicted octanol–water partition coefficient (Wildman–Crippen LogP) is 14.5. The highest BCUT2D eigenvalue weighted by Gasteiger charge is 2.16. The fourth-order valence-corrected chi connectivity index (χ4v) is 8.42. The second kappa shape index (κ2) is 14.1. The summed E-state index contributed by atoms with van der Waals surface area (Å²) in [6.45, 7) is 0. The molecule has 0 spiro atoms. The Labute approximate surface area is 336 Å². The number of nitrogens with zero attached hydrogens (tertiary/aromatic N) is 3. The lowest BCUT2D eigenvalue weighted by molar-refractivity contribution is 1.19. The van der Waals surface area contributed by atoms with Crippen LogP contribution >= 0.6 is 0 Å². The second-order valence-electron chi connectivity index (χ2n) is 14.8. The Morgan fingerprint density at radius 2 is 0.776 bits per heavy atom. The molecule has 0 unspecified atom stereocenters. The summed E-state index contributed by atoms with van der Waals surface area (Å²) < 4.78 is 0. The predicted molar refractivity (Wildman–Crippen MR) is 242 cm³/mol. The fourth-order valence-electron chi connectivity index (χ4n) is 8.42. The lowest BCUT2D eigenvalue weighted by atomic mass is 9.94. The van der Waals surface area contributed by atoms with Crippen LogP contribution < -0.4 is 0 Å². The molecule has 0 aliphatic rings. The monoisotopic (exact) mass is 737 g/mol. The van der Waals surface area contributed by atoms with Crippen LogP contribution in [0.3, 0.4) is 0 Å². The number of benzene rings is 9. The molecule has 9 aromatic carbocycles. The number of pyridine rings is 1. The van der Waals surface area contributed by atoms with Crippen LogP contribution in [0.1, 0.15) is 0 Å². The maximum atomic E-state index is 5.26. The van der Waals surface area contributed by atoms with E-state index in [1.807, 2.05) is 0 Å². The topological polar surface area (TPSA) is 38.7 Å². The third kappa shape index (κ3) is 5.98. The molecule has 0 aliphatic carbocycles. The molecule has 0 radical (unpaired) electrons. The van der Waals surface area contributed by atoms with Gasteiger partial charge in [-0.3, -0.25) is 0 Å². The molecule has 0 bridgehead atoms. The third-order valence-corrected chi connectivity index (χ3v) is 11.3. The highest BCUT2D eigenvalue weighted by Crippen LogP contribution is 2.38. The molecular weight excluding hydrogens is 703 g/mol. The summed E-state index contributed by atoms with van der Waals surface area (Å²) in [6.07, 6.45) is 0. The smallest absolute Gasteiger partial charge is 0.160 e. The van der Waals surface area contributed by atoms with Crippen LogP contribution in [0.25, 0.3) is 111 Å². The summed E-state index contributed by atoms with van der Waals surface area (Å²) in [4.78, 5) is 15.7. The molecule has 3 nitrogen and oxygen atoms in total. The average molecular weight is 738 g/mol. The summed E-state index contributed by atoms with van der Waals surface area (Å²) in [6, 6.07) is 75.1. The van der Waals surface area contributed by atoms with Crippen molar-refractivity contribution in [2.24, 2.45) is 0 Å². The first-order chi connectivity index (χ1) is 28.7. The van der Waals surface area contributed by atoms with Gasteiger partial charge in [-0.05, 0) is 78.8 Å². The van der Waals surface area contributed by atoms with E-state index in [1.54, 1.807) is 0 Å². The first-order valence-electron chi connectivity index (χ1n) is 19.7. The van der Waals surface area contributed by atoms with Crippen LogP contribution in [0.2, 0.25) is 0 Å². The van der Waals surface area contributed by atoms with Gasteiger partial charge in [0.15, 0.2) is 5.82 Å². The number of rotatable bonds is 6. The molecule has 0 saturated carbocycles. The lowest BCUT2D eigenvalue weighted by Gasteiger charge is -2.14. The van der Waals surface area contributed by atoms with E-state index < -0.39 is 0 Å². The first-order valence-corrected chi connectivity index (χ1v) is 19.7. The van der Waals surface area contributed by atoms with Crippen LogP contribution in [-0.4, -0.2) is 15.0 Å². The van der Waals surface area contributed by atoms with Crippen molar-refractivity contribution < 1.29 is 0 Å². The van der Waals surface area contributed by atoms with Crippen molar-refractivity contribution >= 4 is 43.2 Å². The van der Waals surface area contributed by atoms with Gasteiger partial charge in [-0.2, -0.15) is 0 Å². The summed E-state index contributed by atoms with van der Waals surface area (Å²) in [5.74, 6) is 0.690. The van der Waals surface area contributed by atoms with Gasteiger partial charge in [-0.15, -0.1) is 0 Å². The third-order valence-electron chi connectivity index (χ3n) is 11.3. The van der Waals surface area contributed by atoms with E-state index in [2.05, 4.69) is 212 Å². The summed E-state index contributed by atoms with van der Waals surface area (Å²) in [5, 5.41) is 8.29. The number of aromatic nitrogens is 3. The Morgan fingerprint density at radius 3 is 1.45 bits per heavy atom. The van der Waals surface area contributed by atoms with Crippen molar-refractivity contribution in [2.45, 2.75) is 0 Å². The SMILES string of the molecule is c1ccc(-c2cc(-c3cccc(-c4ccc(-c5nc(-c6cccc7ccccc67)cc(-c6cccc7ccccc67)n5)cc4)c3)nc3ccc4ccccc4c23)cc1. The van der Waals surface area contributed by atoms with E-state index in [9.17, 15) is 0 Å². The minimum atomic E-state index is 0.690. The molecule has 0 saturated heterocycles. The highest BCUT2D eigenvalue weighted by atomic mass is 14.9. The molecule has 270 valence electrons. The summed E-state index contributed by atoms with van der Waals surface area (Å²) in [7, 11) is 0. The van der Waals surface area contributed by atoms with Gasteiger partial charge in [0.05, 0.1) is 22.6 Å². The molecular formula is C55H35N3. The molecule has 2 heterocycles. The quantitative estimate of drug-likeness (QED) is 0.160. The van der Waals surface area contributed by atoms with E-state index in [0.717, 1.165) is 56.0 Å². The van der Waals surface area contributed by atoms with Gasteiger partial charge in [0.25, 0.3) is 0 Å². The molecule has 0 amide bonds. The van der Waals surface area contributed by atoms with E-state index in [4.69, 9.17) is 15.0 Å². The van der Waals surface area contributed by atoms with Crippen molar-refractivity contribution in [1.29, 1.82) is 0 Å².